The standard InChI is InChI=1S/C52H35N3OS/c1-31(35-20-12-24-47-49(35)44-19-9-10-23-46(44)56-47)54-52(55-51(53)32-13-3-2-4-14-32)34-26-28-42-43-22-11-21-36(50(43)57-48(42)30-34)33-25-27-41-39-17-6-5-15-37(39)38-16-7-8-18-40(38)45(41)29-33/h2-30,52,54H,1H2,(H2,53,55). The number of para-hydroxylation sites is 1. The molecule has 0 saturated carbocycles. The van der Waals surface area contributed by atoms with Crippen molar-refractivity contribution in [3.63, 3.8) is 0 Å². The van der Waals surface area contributed by atoms with E-state index in [9.17, 15) is 0 Å². The number of thiophene rings is 1. The maximum absolute atomic E-state index is 6.73. The maximum Gasteiger partial charge on any atom is 0.147 e. The second-order valence-corrected chi connectivity index (χ2v) is 15.6. The normalized spacial score (nSPS) is 12.7. The predicted octanol–water partition coefficient (Wildman–Crippen LogP) is 13.7. The van der Waals surface area contributed by atoms with Gasteiger partial charge >= 0.3 is 0 Å². The number of aliphatic imine (C=N–C) groups is 1. The highest BCUT2D eigenvalue weighted by molar-refractivity contribution is 7.26. The Hall–Kier alpha value is -7.21. The Morgan fingerprint density at radius 3 is 1.95 bits per heavy atom. The molecule has 2 heterocycles. The fraction of sp³-hybridized carbons (Fsp3) is 0.0192. The SMILES string of the molecule is C=C(NC(/N=C(\N)c1ccccc1)c1ccc2c(c1)sc1c(-c3ccc4c5ccccc5c5ccccc5c4c3)cccc12)c1cccc2oc3ccccc3c12. The third-order valence-electron chi connectivity index (χ3n) is 11.3. The van der Waals surface area contributed by atoms with Crippen molar-refractivity contribution < 1.29 is 4.42 Å². The summed E-state index contributed by atoms with van der Waals surface area (Å²) in [4.78, 5) is 5.12. The minimum absolute atomic E-state index is 0.447. The molecule has 4 nitrogen and oxygen atoms in total. The van der Waals surface area contributed by atoms with Crippen molar-refractivity contribution in [2.24, 2.45) is 10.7 Å². The van der Waals surface area contributed by atoms with E-state index in [4.69, 9.17) is 15.1 Å². The first-order valence-corrected chi connectivity index (χ1v) is 19.9. The molecule has 270 valence electrons. The largest absolute Gasteiger partial charge is 0.456 e. The summed E-state index contributed by atoms with van der Waals surface area (Å²) in [6.45, 7) is 4.55. The number of benzene rings is 9. The molecule has 11 rings (SSSR count). The van der Waals surface area contributed by atoms with Gasteiger partial charge in [-0.1, -0.05) is 158 Å². The van der Waals surface area contributed by atoms with Gasteiger partial charge in [0.2, 0.25) is 0 Å². The number of furan rings is 1. The second-order valence-electron chi connectivity index (χ2n) is 14.6. The zero-order valence-corrected chi connectivity index (χ0v) is 31.7. The Morgan fingerprint density at radius 1 is 0.561 bits per heavy atom. The number of nitrogens with two attached hydrogens (primary N) is 1. The molecule has 0 aliphatic carbocycles. The Kier molecular flexibility index (Phi) is 7.69. The van der Waals surface area contributed by atoms with Crippen LogP contribution in [0.15, 0.2) is 192 Å². The molecule has 9 aromatic carbocycles. The van der Waals surface area contributed by atoms with Gasteiger partial charge in [0.1, 0.15) is 23.2 Å². The van der Waals surface area contributed by atoms with Crippen molar-refractivity contribution in [1.82, 2.24) is 5.32 Å². The van der Waals surface area contributed by atoms with E-state index in [1.807, 2.05) is 72.0 Å². The molecular weight excluding hydrogens is 715 g/mol. The van der Waals surface area contributed by atoms with Crippen LogP contribution in [0.3, 0.4) is 0 Å². The number of nitrogens with one attached hydrogen (secondary N) is 1. The van der Waals surface area contributed by atoms with Crippen LogP contribution in [0.5, 0.6) is 0 Å². The number of nitrogens with zero attached hydrogens (tertiary/aromatic N) is 1. The summed E-state index contributed by atoms with van der Waals surface area (Å²) >= 11 is 1.82. The van der Waals surface area contributed by atoms with Crippen molar-refractivity contribution in [3.05, 3.63) is 199 Å². The van der Waals surface area contributed by atoms with E-state index >= 15 is 0 Å². The predicted molar refractivity (Wildman–Crippen MR) is 243 cm³/mol. The fourth-order valence-electron chi connectivity index (χ4n) is 8.57. The molecule has 0 radical (unpaired) electrons. The smallest absolute Gasteiger partial charge is 0.147 e. The van der Waals surface area contributed by atoms with Crippen molar-refractivity contribution in [2.45, 2.75) is 6.17 Å². The van der Waals surface area contributed by atoms with Crippen molar-refractivity contribution in [2.75, 3.05) is 0 Å². The van der Waals surface area contributed by atoms with Crippen LogP contribution < -0.4 is 11.1 Å². The van der Waals surface area contributed by atoms with Crippen LogP contribution >= 0.6 is 11.3 Å². The molecule has 0 spiro atoms. The summed E-state index contributed by atoms with van der Waals surface area (Å²) in [5.41, 5.74) is 14.4. The van der Waals surface area contributed by atoms with Gasteiger partial charge in [-0.2, -0.15) is 0 Å². The molecule has 2 aromatic heterocycles. The summed E-state index contributed by atoms with van der Waals surface area (Å²) in [7, 11) is 0. The topological polar surface area (TPSA) is 63.5 Å². The fourth-order valence-corrected chi connectivity index (χ4v) is 9.86. The number of hydrogen-bond acceptors (Lipinski definition) is 4. The van der Waals surface area contributed by atoms with Gasteiger partial charge in [-0.25, -0.2) is 4.99 Å². The monoisotopic (exact) mass is 749 g/mol. The van der Waals surface area contributed by atoms with Gasteiger partial charge in [-0.05, 0) is 73.3 Å². The molecule has 5 heteroatoms. The maximum atomic E-state index is 6.73. The number of rotatable bonds is 7. The first-order valence-electron chi connectivity index (χ1n) is 19.1. The highest BCUT2D eigenvalue weighted by atomic mass is 32.1. The molecule has 11 aromatic rings. The molecule has 1 atom stereocenters. The second kappa shape index (κ2) is 13.2. The van der Waals surface area contributed by atoms with Crippen LogP contribution in [-0.2, 0) is 0 Å². The van der Waals surface area contributed by atoms with Gasteiger partial charge in [0, 0.05) is 47.8 Å². The third-order valence-corrected chi connectivity index (χ3v) is 12.5. The summed E-state index contributed by atoms with van der Waals surface area (Å²) in [5.74, 6) is 0.447. The third kappa shape index (κ3) is 5.47. The van der Waals surface area contributed by atoms with Crippen LogP contribution in [-0.4, -0.2) is 5.84 Å². The molecule has 57 heavy (non-hydrogen) atoms. The van der Waals surface area contributed by atoms with Crippen LogP contribution in [0.2, 0.25) is 0 Å². The van der Waals surface area contributed by atoms with E-state index in [1.165, 1.54) is 63.6 Å². The molecule has 0 fully saturated rings. The van der Waals surface area contributed by atoms with Crippen LogP contribution in [0, 0.1) is 0 Å². The van der Waals surface area contributed by atoms with Crippen molar-refractivity contribution in [1.29, 1.82) is 0 Å². The molecule has 3 N–H and O–H groups in total. The molecule has 0 aliphatic heterocycles. The quantitative estimate of drug-likeness (QED) is 0.0969. The average molecular weight is 750 g/mol. The van der Waals surface area contributed by atoms with Gasteiger partial charge in [-0.3, -0.25) is 0 Å². The van der Waals surface area contributed by atoms with Crippen LogP contribution in [0.4, 0.5) is 0 Å². The van der Waals surface area contributed by atoms with Crippen LogP contribution in [0.25, 0.3) is 91.3 Å². The number of amidine groups is 1. The van der Waals surface area contributed by atoms with E-state index in [0.29, 0.717) is 5.84 Å². The zero-order chi connectivity index (χ0) is 38.0. The summed E-state index contributed by atoms with van der Waals surface area (Å²) in [6, 6.07) is 61.9. The first-order chi connectivity index (χ1) is 28.1. The molecular formula is C52H35N3OS. The highest BCUT2D eigenvalue weighted by Gasteiger charge is 2.20. The Bertz CT molecular complexity index is 3390. The highest BCUT2D eigenvalue weighted by Crippen LogP contribution is 2.43. The number of hydrogen-bond donors (Lipinski definition) is 2. The Labute approximate surface area is 332 Å². The van der Waals surface area contributed by atoms with E-state index in [1.54, 1.807) is 0 Å². The van der Waals surface area contributed by atoms with Gasteiger partial charge in [0.05, 0.1) is 0 Å². The van der Waals surface area contributed by atoms with Gasteiger partial charge in [0.15, 0.2) is 0 Å². The minimum atomic E-state index is -0.510. The summed E-state index contributed by atoms with van der Waals surface area (Å²) in [6.07, 6.45) is -0.510. The lowest BCUT2D eigenvalue weighted by atomic mass is 9.92. The lowest BCUT2D eigenvalue weighted by Crippen LogP contribution is -2.23. The van der Waals surface area contributed by atoms with E-state index in [-0.39, 0.29) is 0 Å². The first kappa shape index (κ1) is 33.2. The van der Waals surface area contributed by atoms with Gasteiger partial charge in [-0.15, -0.1) is 11.3 Å². The molecule has 0 aliphatic rings. The average Bonchev–Trinajstić information content (AvgIpc) is 3.84. The van der Waals surface area contributed by atoms with Crippen molar-refractivity contribution in [3.8, 4) is 11.1 Å². The number of fused-ring (bicyclic) bond motifs is 12. The zero-order valence-electron chi connectivity index (χ0n) is 30.9. The minimum Gasteiger partial charge on any atom is -0.456 e. The molecule has 0 amide bonds. The Balaban J connectivity index is 1.03. The Morgan fingerprint density at radius 2 is 1.18 bits per heavy atom. The summed E-state index contributed by atoms with van der Waals surface area (Å²) < 4.78 is 8.66. The lowest BCUT2D eigenvalue weighted by Gasteiger charge is -2.20. The van der Waals surface area contributed by atoms with Gasteiger partial charge < -0.3 is 15.5 Å². The van der Waals surface area contributed by atoms with E-state index < -0.39 is 6.17 Å². The molecule has 0 saturated heterocycles. The van der Waals surface area contributed by atoms with Crippen molar-refractivity contribution >= 4 is 97.3 Å². The van der Waals surface area contributed by atoms with E-state index in [0.717, 1.165) is 44.3 Å². The summed E-state index contributed by atoms with van der Waals surface area (Å²) in [5, 5.41) is 15.9. The van der Waals surface area contributed by atoms with E-state index in [2.05, 4.69) is 127 Å². The lowest BCUT2D eigenvalue weighted by molar-refractivity contribution is 0.666. The molecule has 1 unspecified atom stereocenters. The molecule has 0 bridgehead atoms. The van der Waals surface area contributed by atoms with Crippen LogP contribution in [0.1, 0.15) is 22.9 Å². The van der Waals surface area contributed by atoms with Gasteiger partial charge in [0.25, 0.3) is 0 Å².